The van der Waals surface area contributed by atoms with Crippen LogP contribution >= 0.6 is 0 Å². The van der Waals surface area contributed by atoms with Gasteiger partial charge < -0.3 is 10.1 Å². The molecule has 2 aromatic carbocycles. The molecule has 4 nitrogen and oxygen atoms in total. The summed E-state index contributed by atoms with van der Waals surface area (Å²) in [5, 5.41) is 10.8. The highest BCUT2D eigenvalue weighted by molar-refractivity contribution is 6.06. The van der Waals surface area contributed by atoms with Gasteiger partial charge in [-0.2, -0.15) is 0 Å². The van der Waals surface area contributed by atoms with E-state index in [1.165, 1.54) is 0 Å². The van der Waals surface area contributed by atoms with E-state index in [0.717, 1.165) is 36.8 Å². The second-order valence-corrected chi connectivity index (χ2v) is 5.82. The lowest BCUT2D eigenvalue weighted by molar-refractivity contribution is 0.0697. The van der Waals surface area contributed by atoms with Crippen molar-refractivity contribution in [2.75, 3.05) is 0 Å². The van der Waals surface area contributed by atoms with E-state index in [0.29, 0.717) is 21.8 Å². The molecule has 0 saturated heterocycles. The average Bonchev–Trinajstić information content (AvgIpc) is 2.53. The third-order valence-corrected chi connectivity index (χ3v) is 4.54. The highest BCUT2D eigenvalue weighted by atomic mass is 16.4. The van der Waals surface area contributed by atoms with Gasteiger partial charge in [0.25, 0.3) is 0 Å². The minimum Gasteiger partial charge on any atom is -0.478 e. The summed E-state index contributed by atoms with van der Waals surface area (Å²) in [6, 6.07) is 9.12. The number of H-pyrrole nitrogens is 1. The number of nitrogens with one attached hydrogen (secondary N) is 1. The number of hydrogen-bond donors (Lipinski definition) is 2. The van der Waals surface area contributed by atoms with Gasteiger partial charge in [0.15, 0.2) is 5.43 Å². The SMILES string of the molecule is O=C(O)c1c2c(cc3c(=O)c4ccccc4[nH]c13)CCCC2. The van der Waals surface area contributed by atoms with E-state index in [9.17, 15) is 14.7 Å². The normalized spacial score (nSPS) is 14.2. The van der Waals surface area contributed by atoms with Crippen molar-refractivity contribution in [2.24, 2.45) is 0 Å². The van der Waals surface area contributed by atoms with Crippen molar-refractivity contribution in [3.63, 3.8) is 0 Å². The van der Waals surface area contributed by atoms with Crippen LogP contribution in [0.2, 0.25) is 0 Å². The molecule has 0 atom stereocenters. The second kappa shape index (κ2) is 4.70. The van der Waals surface area contributed by atoms with E-state index in [1.54, 1.807) is 12.1 Å². The predicted octanol–water partition coefficient (Wildman–Crippen LogP) is 3.26. The quantitative estimate of drug-likeness (QED) is 0.677. The van der Waals surface area contributed by atoms with Crippen molar-refractivity contribution in [1.29, 1.82) is 0 Å². The van der Waals surface area contributed by atoms with Crippen molar-refractivity contribution in [1.82, 2.24) is 4.98 Å². The summed E-state index contributed by atoms with van der Waals surface area (Å²) in [7, 11) is 0. The summed E-state index contributed by atoms with van der Waals surface area (Å²) in [6.45, 7) is 0. The minimum atomic E-state index is -0.963. The molecule has 22 heavy (non-hydrogen) atoms. The van der Waals surface area contributed by atoms with Crippen molar-refractivity contribution >= 4 is 27.8 Å². The van der Waals surface area contributed by atoms with Gasteiger partial charge in [-0.3, -0.25) is 4.79 Å². The zero-order valence-corrected chi connectivity index (χ0v) is 12.0. The number of aromatic amines is 1. The third-order valence-electron chi connectivity index (χ3n) is 4.54. The Kier molecular flexibility index (Phi) is 2.79. The summed E-state index contributed by atoms with van der Waals surface area (Å²) in [5.41, 5.74) is 3.21. The topological polar surface area (TPSA) is 70.2 Å². The highest BCUT2D eigenvalue weighted by Gasteiger charge is 2.23. The van der Waals surface area contributed by atoms with Gasteiger partial charge in [-0.15, -0.1) is 0 Å². The molecule has 2 N–H and O–H groups in total. The molecule has 1 aliphatic rings. The smallest absolute Gasteiger partial charge is 0.338 e. The number of aryl methyl sites for hydroxylation is 1. The summed E-state index contributed by atoms with van der Waals surface area (Å²) < 4.78 is 0. The molecule has 1 heterocycles. The zero-order valence-electron chi connectivity index (χ0n) is 12.0. The number of carboxylic acids is 1. The van der Waals surface area contributed by atoms with Crippen LogP contribution < -0.4 is 5.43 Å². The maximum Gasteiger partial charge on any atom is 0.338 e. The summed E-state index contributed by atoms with van der Waals surface area (Å²) in [5.74, 6) is -0.963. The van der Waals surface area contributed by atoms with E-state index in [-0.39, 0.29) is 11.0 Å². The number of hydrogen-bond acceptors (Lipinski definition) is 2. The number of aromatic carboxylic acids is 1. The molecule has 110 valence electrons. The maximum absolute atomic E-state index is 12.7. The number of pyridine rings is 1. The van der Waals surface area contributed by atoms with Crippen LogP contribution in [0.15, 0.2) is 35.1 Å². The van der Waals surface area contributed by atoms with Gasteiger partial charge in [0.1, 0.15) is 0 Å². The third kappa shape index (κ3) is 1.77. The Balaban J connectivity index is 2.24. The van der Waals surface area contributed by atoms with Gasteiger partial charge in [-0.05, 0) is 55.0 Å². The standard InChI is InChI=1S/C18H15NO3/c20-17-12-7-3-4-8-14(12)19-16-13(17)9-10-5-1-2-6-11(10)15(16)18(21)22/h3-4,7-9H,1-2,5-6H2,(H,19,20)(H,21,22). The van der Waals surface area contributed by atoms with Gasteiger partial charge in [-0.25, -0.2) is 4.79 Å². The number of carbonyl (C=O) groups is 1. The number of rotatable bonds is 1. The van der Waals surface area contributed by atoms with Crippen LogP contribution in [0.1, 0.15) is 34.3 Å². The number of fused-ring (bicyclic) bond motifs is 3. The molecule has 0 radical (unpaired) electrons. The second-order valence-electron chi connectivity index (χ2n) is 5.82. The molecule has 1 aromatic heterocycles. The van der Waals surface area contributed by atoms with Crippen molar-refractivity contribution in [3.05, 3.63) is 57.2 Å². The van der Waals surface area contributed by atoms with Crippen LogP contribution in [0.3, 0.4) is 0 Å². The molecule has 0 bridgehead atoms. The zero-order chi connectivity index (χ0) is 15.3. The first-order valence-electron chi connectivity index (χ1n) is 7.49. The molecule has 0 amide bonds. The lowest BCUT2D eigenvalue weighted by atomic mass is 9.86. The molecule has 1 aliphatic carbocycles. The maximum atomic E-state index is 12.7. The van der Waals surface area contributed by atoms with E-state index in [4.69, 9.17) is 0 Å². The largest absolute Gasteiger partial charge is 0.478 e. The molecular formula is C18H15NO3. The number of carboxylic acid groups (broad SMARTS) is 1. The predicted molar refractivity (Wildman–Crippen MR) is 85.7 cm³/mol. The Bertz CT molecular complexity index is 985. The first kappa shape index (κ1) is 13.1. The minimum absolute atomic E-state index is 0.0970. The van der Waals surface area contributed by atoms with Crippen LogP contribution in [0.5, 0.6) is 0 Å². The van der Waals surface area contributed by atoms with E-state index in [1.807, 2.05) is 18.2 Å². The van der Waals surface area contributed by atoms with E-state index in [2.05, 4.69) is 4.98 Å². The molecule has 4 heteroatoms. The van der Waals surface area contributed by atoms with Crippen molar-refractivity contribution in [3.8, 4) is 0 Å². The fraction of sp³-hybridized carbons (Fsp3) is 0.222. The Hall–Kier alpha value is -2.62. The molecule has 0 fully saturated rings. The van der Waals surface area contributed by atoms with Crippen LogP contribution in [0, 0.1) is 0 Å². The Morgan fingerprint density at radius 3 is 2.68 bits per heavy atom. The molecule has 0 spiro atoms. The van der Waals surface area contributed by atoms with Gasteiger partial charge >= 0.3 is 5.97 Å². The van der Waals surface area contributed by atoms with Gasteiger partial charge in [0.2, 0.25) is 0 Å². The summed E-state index contributed by atoms with van der Waals surface area (Å²) >= 11 is 0. The molecule has 0 aliphatic heterocycles. The number of benzene rings is 2. The molecule has 0 unspecified atom stereocenters. The summed E-state index contributed by atoms with van der Waals surface area (Å²) in [6.07, 6.45) is 3.65. The molecule has 0 saturated carbocycles. The Labute approximate surface area is 126 Å². The van der Waals surface area contributed by atoms with Crippen molar-refractivity contribution in [2.45, 2.75) is 25.7 Å². The number of aromatic nitrogens is 1. The average molecular weight is 293 g/mol. The molecular weight excluding hydrogens is 278 g/mol. The lowest BCUT2D eigenvalue weighted by Crippen LogP contribution is -2.15. The monoisotopic (exact) mass is 293 g/mol. The Morgan fingerprint density at radius 2 is 1.86 bits per heavy atom. The van der Waals surface area contributed by atoms with Crippen molar-refractivity contribution < 1.29 is 9.90 Å². The Morgan fingerprint density at radius 1 is 1.09 bits per heavy atom. The number of para-hydroxylation sites is 1. The van der Waals surface area contributed by atoms with E-state index >= 15 is 0 Å². The fourth-order valence-electron chi connectivity index (χ4n) is 3.52. The molecule has 3 aromatic rings. The van der Waals surface area contributed by atoms with Gasteiger partial charge in [0, 0.05) is 16.3 Å². The highest BCUT2D eigenvalue weighted by Crippen LogP contribution is 2.30. The summed E-state index contributed by atoms with van der Waals surface area (Å²) in [4.78, 5) is 27.7. The van der Waals surface area contributed by atoms with Crippen LogP contribution in [-0.4, -0.2) is 16.1 Å². The van der Waals surface area contributed by atoms with Crippen LogP contribution in [-0.2, 0) is 12.8 Å². The first-order chi connectivity index (χ1) is 10.7. The molecule has 4 rings (SSSR count). The van der Waals surface area contributed by atoms with Gasteiger partial charge in [0.05, 0.1) is 11.1 Å². The van der Waals surface area contributed by atoms with Gasteiger partial charge in [-0.1, -0.05) is 12.1 Å². The van der Waals surface area contributed by atoms with E-state index < -0.39 is 5.97 Å². The first-order valence-corrected chi connectivity index (χ1v) is 7.49. The van der Waals surface area contributed by atoms with Crippen LogP contribution in [0.4, 0.5) is 0 Å². The van der Waals surface area contributed by atoms with Crippen LogP contribution in [0.25, 0.3) is 21.8 Å². The fourth-order valence-corrected chi connectivity index (χ4v) is 3.52. The lowest BCUT2D eigenvalue weighted by Gasteiger charge is -2.19.